The fraction of sp³-hybridized carbons (Fsp3) is 0.474. The molecule has 6 nitrogen and oxygen atoms in total. The van der Waals surface area contributed by atoms with Gasteiger partial charge in [0.1, 0.15) is 5.75 Å². The summed E-state index contributed by atoms with van der Waals surface area (Å²) >= 11 is 0. The summed E-state index contributed by atoms with van der Waals surface area (Å²) in [6.07, 6.45) is 6.44. The molecule has 0 heterocycles. The van der Waals surface area contributed by atoms with Crippen molar-refractivity contribution >= 4 is 17.6 Å². The summed E-state index contributed by atoms with van der Waals surface area (Å²) in [7, 11) is 1.32. The van der Waals surface area contributed by atoms with E-state index in [4.69, 9.17) is 4.74 Å². The zero-order valence-electron chi connectivity index (χ0n) is 14.9. The van der Waals surface area contributed by atoms with Crippen LogP contribution in [0.5, 0.6) is 5.75 Å². The van der Waals surface area contributed by atoms with Crippen molar-refractivity contribution in [2.24, 2.45) is 10.9 Å². The van der Waals surface area contributed by atoms with E-state index in [1.807, 2.05) is 0 Å². The predicted octanol–water partition coefficient (Wildman–Crippen LogP) is 3.30. The van der Waals surface area contributed by atoms with Gasteiger partial charge in [0.05, 0.1) is 24.9 Å². The molecule has 0 amide bonds. The van der Waals surface area contributed by atoms with E-state index in [1.54, 1.807) is 12.1 Å². The molecule has 2 atom stereocenters. The maximum Gasteiger partial charge on any atom is 0.337 e. The number of aromatic hydroxyl groups is 1. The first-order valence-corrected chi connectivity index (χ1v) is 8.65. The van der Waals surface area contributed by atoms with Crippen LogP contribution in [0.1, 0.15) is 43.0 Å². The Morgan fingerprint density at radius 2 is 2.20 bits per heavy atom. The summed E-state index contributed by atoms with van der Waals surface area (Å²) in [5, 5.41) is 16.6. The van der Waals surface area contributed by atoms with Crippen molar-refractivity contribution in [3.63, 3.8) is 0 Å². The molecule has 136 valence electrons. The molecule has 3 N–H and O–H groups in total. The number of anilines is 1. The minimum Gasteiger partial charge on any atom is -0.506 e. The second-order valence-electron chi connectivity index (χ2n) is 6.34. The second kappa shape index (κ2) is 9.11. The van der Waals surface area contributed by atoms with Gasteiger partial charge in [-0.15, -0.1) is 6.58 Å². The predicted molar refractivity (Wildman–Crippen MR) is 100 cm³/mol. The van der Waals surface area contributed by atoms with Gasteiger partial charge in [-0.2, -0.15) is 0 Å². The van der Waals surface area contributed by atoms with E-state index in [0.29, 0.717) is 35.7 Å². The lowest BCUT2D eigenvalue weighted by molar-refractivity contribution is 0.0601. The molecule has 0 aromatic heterocycles. The van der Waals surface area contributed by atoms with Crippen molar-refractivity contribution in [2.45, 2.75) is 38.6 Å². The summed E-state index contributed by atoms with van der Waals surface area (Å²) in [4.78, 5) is 16.2. The number of carbonyl (C=O) groups excluding carboxylic acids is 1. The largest absolute Gasteiger partial charge is 0.506 e. The number of rotatable bonds is 5. The van der Waals surface area contributed by atoms with Crippen LogP contribution >= 0.6 is 0 Å². The van der Waals surface area contributed by atoms with E-state index < -0.39 is 5.97 Å². The van der Waals surface area contributed by atoms with Crippen LogP contribution in [0.3, 0.4) is 0 Å². The Bertz CT molecular complexity index is 643. The normalized spacial score (nSPS) is 20.6. The van der Waals surface area contributed by atoms with Crippen molar-refractivity contribution in [1.82, 2.24) is 5.32 Å². The number of phenols is 1. The molecule has 2 rings (SSSR count). The number of hydrogen-bond donors (Lipinski definition) is 3. The van der Waals surface area contributed by atoms with E-state index >= 15 is 0 Å². The standard InChI is InChI=1S/C19H27N3O3/c1-4-11-20-19(21-15-8-6-5-7-13(15)2)22-16-12-14(18(24)25-3)9-10-17(16)23/h4,9-10,12-13,15,23H,1,5-8,11H2,2-3H3,(H2,20,21,22). The molecule has 0 saturated heterocycles. The number of nitrogens with zero attached hydrogens (tertiary/aromatic N) is 1. The zero-order valence-corrected chi connectivity index (χ0v) is 14.9. The van der Waals surface area contributed by atoms with Gasteiger partial charge in [0.25, 0.3) is 0 Å². The van der Waals surface area contributed by atoms with Crippen molar-refractivity contribution in [2.75, 3.05) is 19.0 Å². The fourth-order valence-corrected chi connectivity index (χ4v) is 2.99. The number of phenolic OH excluding ortho intramolecular Hbond substituents is 1. The van der Waals surface area contributed by atoms with Crippen LogP contribution in [0.25, 0.3) is 0 Å². The topological polar surface area (TPSA) is 83.0 Å². The Morgan fingerprint density at radius 3 is 2.88 bits per heavy atom. The lowest BCUT2D eigenvalue weighted by Gasteiger charge is -2.31. The number of methoxy groups -OCH3 is 1. The molecule has 0 spiro atoms. The van der Waals surface area contributed by atoms with Gasteiger partial charge in [0.2, 0.25) is 0 Å². The molecule has 0 radical (unpaired) electrons. The third kappa shape index (κ3) is 5.24. The highest BCUT2D eigenvalue weighted by Crippen LogP contribution is 2.26. The highest BCUT2D eigenvalue weighted by Gasteiger charge is 2.22. The Balaban J connectivity index is 2.19. The van der Waals surface area contributed by atoms with Gasteiger partial charge < -0.3 is 20.5 Å². The van der Waals surface area contributed by atoms with E-state index in [2.05, 4.69) is 29.1 Å². The number of benzene rings is 1. The van der Waals surface area contributed by atoms with Crippen LogP contribution in [0, 0.1) is 5.92 Å². The average molecular weight is 345 g/mol. The molecule has 0 aliphatic heterocycles. The van der Waals surface area contributed by atoms with Crippen molar-refractivity contribution in [3.05, 3.63) is 36.4 Å². The van der Waals surface area contributed by atoms with Gasteiger partial charge in [-0.3, -0.25) is 0 Å². The molecule has 2 unspecified atom stereocenters. The first-order chi connectivity index (χ1) is 12.0. The maximum atomic E-state index is 11.7. The van der Waals surface area contributed by atoms with Crippen LogP contribution in [0.2, 0.25) is 0 Å². The molecule has 1 fully saturated rings. The number of aliphatic imine (C=N–C) groups is 1. The summed E-state index contributed by atoms with van der Waals surface area (Å²) in [6, 6.07) is 4.86. The summed E-state index contributed by atoms with van der Waals surface area (Å²) in [5.74, 6) is 0.703. The van der Waals surface area contributed by atoms with E-state index in [1.165, 1.54) is 38.5 Å². The zero-order chi connectivity index (χ0) is 18.2. The quantitative estimate of drug-likeness (QED) is 0.251. The van der Waals surface area contributed by atoms with Crippen LogP contribution in [-0.4, -0.2) is 36.7 Å². The van der Waals surface area contributed by atoms with Crippen LogP contribution in [0.15, 0.2) is 35.8 Å². The van der Waals surface area contributed by atoms with Crippen LogP contribution in [0.4, 0.5) is 5.69 Å². The van der Waals surface area contributed by atoms with Crippen LogP contribution in [-0.2, 0) is 4.74 Å². The first kappa shape index (κ1) is 18.8. The molecule has 25 heavy (non-hydrogen) atoms. The summed E-state index contributed by atoms with van der Waals surface area (Å²) in [6.45, 7) is 6.38. The van der Waals surface area contributed by atoms with E-state index in [9.17, 15) is 9.90 Å². The van der Waals surface area contributed by atoms with Crippen LogP contribution < -0.4 is 10.6 Å². The Labute approximate surface area is 149 Å². The lowest BCUT2D eigenvalue weighted by Crippen LogP contribution is -2.44. The molecular formula is C19H27N3O3. The number of nitrogens with one attached hydrogen (secondary N) is 2. The minimum absolute atomic E-state index is 0.0393. The van der Waals surface area contributed by atoms with Gasteiger partial charge >= 0.3 is 5.97 Å². The van der Waals surface area contributed by atoms with E-state index in [-0.39, 0.29) is 5.75 Å². The third-order valence-corrected chi connectivity index (χ3v) is 4.48. The Kier molecular flexibility index (Phi) is 6.86. The minimum atomic E-state index is -0.457. The van der Waals surface area contributed by atoms with Gasteiger partial charge in [-0.1, -0.05) is 25.8 Å². The smallest absolute Gasteiger partial charge is 0.337 e. The number of hydrogen-bond acceptors (Lipinski definition) is 4. The molecule has 1 aliphatic rings. The summed E-state index contributed by atoms with van der Waals surface area (Å²) < 4.78 is 4.73. The van der Waals surface area contributed by atoms with Gasteiger partial charge in [0.15, 0.2) is 5.96 Å². The fourth-order valence-electron chi connectivity index (χ4n) is 2.99. The highest BCUT2D eigenvalue weighted by atomic mass is 16.5. The van der Waals surface area contributed by atoms with Gasteiger partial charge in [-0.05, 0) is 37.0 Å². The van der Waals surface area contributed by atoms with Crippen molar-refractivity contribution in [3.8, 4) is 5.75 Å². The molecule has 1 aliphatic carbocycles. The highest BCUT2D eigenvalue weighted by molar-refractivity contribution is 5.97. The number of carbonyl (C=O) groups is 1. The first-order valence-electron chi connectivity index (χ1n) is 8.65. The molecule has 6 heteroatoms. The third-order valence-electron chi connectivity index (χ3n) is 4.48. The number of guanidine groups is 1. The Hall–Kier alpha value is -2.50. The molecule has 1 aromatic rings. The van der Waals surface area contributed by atoms with E-state index in [0.717, 1.165) is 6.42 Å². The molecule has 0 bridgehead atoms. The lowest BCUT2D eigenvalue weighted by atomic mass is 9.86. The molecule has 1 aromatic carbocycles. The monoisotopic (exact) mass is 345 g/mol. The second-order valence-corrected chi connectivity index (χ2v) is 6.34. The molecular weight excluding hydrogens is 318 g/mol. The number of ether oxygens (including phenoxy) is 1. The van der Waals surface area contributed by atoms with Gasteiger partial charge in [0, 0.05) is 6.04 Å². The average Bonchev–Trinajstić information content (AvgIpc) is 2.62. The summed E-state index contributed by atoms with van der Waals surface area (Å²) in [5.41, 5.74) is 0.763. The van der Waals surface area contributed by atoms with Crippen molar-refractivity contribution < 1.29 is 14.6 Å². The number of esters is 1. The maximum absolute atomic E-state index is 11.7. The molecule has 1 saturated carbocycles. The van der Waals surface area contributed by atoms with Crippen molar-refractivity contribution in [1.29, 1.82) is 0 Å². The Morgan fingerprint density at radius 1 is 1.44 bits per heavy atom. The van der Waals surface area contributed by atoms with Gasteiger partial charge in [-0.25, -0.2) is 9.79 Å². The SMILES string of the molecule is C=CCN=C(Nc1cc(C(=O)OC)ccc1O)NC1CCCCC1C.